The first-order valence-corrected chi connectivity index (χ1v) is 11.5. The van der Waals surface area contributed by atoms with Gasteiger partial charge in [-0.15, -0.1) is 0 Å². The van der Waals surface area contributed by atoms with Gasteiger partial charge in [-0.2, -0.15) is 5.10 Å². The van der Waals surface area contributed by atoms with Crippen LogP contribution in [0.15, 0.2) is 36.8 Å². The van der Waals surface area contributed by atoms with E-state index in [0.717, 1.165) is 29.1 Å². The predicted octanol–water partition coefficient (Wildman–Crippen LogP) is 1.69. The number of anilines is 2. The van der Waals surface area contributed by atoms with Crippen molar-refractivity contribution in [3.63, 3.8) is 0 Å². The van der Waals surface area contributed by atoms with Gasteiger partial charge in [0, 0.05) is 56.6 Å². The molecule has 4 heterocycles. The number of ether oxygens (including phenoxy) is 1. The first-order valence-electron chi connectivity index (χ1n) is 11.5. The third-order valence-corrected chi connectivity index (χ3v) is 6.57. The fraction of sp³-hybridized carbons (Fsp3) is 0.417. The summed E-state index contributed by atoms with van der Waals surface area (Å²) in [5.74, 6) is 0.245. The van der Waals surface area contributed by atoms with Gasteiger partial charge >= 0.3 is 0 Å². The molecular weight excluding hydrogens is 434 g/mol. The highest BCUT2D eigenvalue weighted by Crippen LogP contribution is 2.42. The Bertz CT molecular complexity index is 1260. The highest BCUT2D eigenvalue weighted by Gasteiger charge is 2.33. The lowest BCUT2D eigenvalue weighted by Gasteiger charge is -2.38. The average molecular weight is 464 g/mol. The molecule has 0 bridgehead atoms. The van der Waals surface area contributed by atoms with Crippen molar-refractivity contribution in [2.45, 2.75) is 38.8 Å². The number of carbonyl (C=O) groups is 2. The Morgan fingerprint density at radius 3 is 2.71 bits per heavy atom. The minimum absolute atomic E-state index is 0.269. The molecule has 2 aliphatic rings. The Morgan fingerprint density at radius 2 is 1.97 bits per heavy atom. The van der Waals surface area contributed by atoms with E-state index in [1.165, 1.54) is 6.20 Å². The van der Waals surface area contributed by atoms with Crippen LogP contribution in [0.4, 0.5) is 11.4 Å². The van der Waals surface area contributed by atoms with E-state index in [-0.39, 0.29) is 23.5 Å². The molecule has 0 radical (unpaired) electrons. The van der Waals surface area contributed by atoms with Gasteiger partial charge in [-0.05, 0) is 32.9 Å². The number of aromatic nitrogens is 3. The first-order chi connectivity index (χ1) is 16.2. The van der Waals surface area contributed by atoms with Crippen molar-refractivity contribution in [3.8, 4) is 5.75 Å². The summed E-state index contributed by atoms with van der Waals surface area (Å²) in [6, 6.07) is 5.48. The van der Waals surface area contributed by atoms with E-state index in [9.17, 15) is 9.59 Å². The zero-order valence-electron chi connectivity index (χ0n) is 19.6. The van der Waals surface area contributed by atoms with Gasteiger partial charge in [0.05, 0.1) is 23.6 Å². The zero-order chi connectivity index (χ0) is 24.0. The average Bonchev–Trinajstić information content (AvgIpc) is 3.37. The van der Waals surface area contributed by atoms with E-state index in [4.69, 9.17) is 10.5 Å². The fourth-order valence-corrected chi connectivity index (χ4v) is 4.71. The molecule has 178 valence electrons. The topological polar surface area (TPSA) is 118 Å². The Hall–Kier alpha value is -3.66. The normalized spacial score (nSPS) is 18.4. The molecule has 1 atom stereocenters. The lowest BCUT2D eigenvalue weighted by Crippen LogP contribution is -2.53. The molecule has 10 nitrogen and oxygen atoms in total. The van der Waals surface area contributed by atoms with E-state index in [1.54, 1.807) is 23.0 Å². The molecule has 2 amide bonds. The number of amides is 2. The predicted molar refractivity (Wildman–Crippen MR) is 128 cm³/mol. The van der Waals surface area contributed by atoms with Crippen LogP contribution in [0.1, 0.15) is 36.7 Å². The Balaban J connectivity index is 1.45. The number of nitrogens with zero attached hydrogens (tertiary/aromatic N) is 5. The van der Waals surface area contributed by atoms with Crippen LogP contribution >= 0.6 is 0 Å². The van der Waals surface area contributed by atoms with Crippen molar-refractivity contribution in [3.05, 3.63) is 47.9 Å². The Kier molecular flexibility index (Phi) is 5.40. The molecule has 0 aliphatic carbocycles. The standard InChI is InChI=1S/C24H29N7O3/c1-15(21(25)32)29-7-9-30(10-8-29)19-12-20-16(13-24(2,3)34-20)11-18(19)28-23(33)17-14-27-31-6-4-5-26-22(17)31/h4-6,11-12,14-15H,7-10,13H2,1-3H3,(H2,25,32)(H,28,33)/t15-/m0/s1. The van der Waals surface area contributed by atoms with Crippen LogP contribution in [0.3, 0.4) is 0 Å². The third-order valence-electron chi connectivity index (χ3n) is 6.57. The van der Waals surface area contributed by atoms with Crippen molar-refractivity contribution in [2.75, 3.05) is 36.4 Å². The van der Waals surface area contributed by atoms with Crippen molar-refractivity contribution >= 4 is 28.8 Å². The van der Waals surface area contributed by atoms with E-state index in [0.29, 0.717) is 37.4 Å². The van der Waals surface area contributed by atoms with E-state index < -0.39 is 0 Å². The number of piperazine rings is 1. The number of rotatable bonds is 5. The Morgan fingerprint density at radius 1 is 1.21 bits per heavy atom. The summed E-state index contributed by atoms with van der Waals surface area (Å²) < 4.78 is 7.75. The molecule has 2 aromatic heterocycles. The summed E-state index contributed by atoms with van der Waals surface area (Å²) >= 11 is 0. The fourth-order valence-electron chi connectivity index (χ4n) is 4.71. The van der Waals surface area contributed by atoms with Crippen molar-refractivity contribution < 1.29 is 14.3 Å². The molecule has 34 heavy (non-hydrogen) atoms. The van der Waals surface area contributed by atoms with E-state index in [2.05, 4.69) is 39.0 Å². The third kappa shape index (κ3) is 4.05. The number of nitrogens with two attached hydrogens (primary N) is 1. The SMILES string of the molecule is C[C@@H](C(N)=O)N1CCN(c2cc3c(cc2NC(=O)c2cnn4cccnc24)CC(C)(C)O3)CC1. The number of primary amides is 1. The summed E-state index contributed by atoms with van der Waals surface area (Å²) in [6.45, 7) is 8.72. The second-order valence-corrected chi connectivity index (χ2v) is 9.52. The number of fused-ring (bicyclic) bond motifs is 2. The first kappa shape index (κ1) is 22.1. The number of carbonyl (C=O) groups excluding carboxylic acids is 2. The van der Waals surface area contributed by atoms with Crippen LogP contribution in [-0.2, 0) is 11.2 Å². The zero-order valence-corrected chi connectivity index (χ0v) is 19.6. The maximum atomic E-state index is 13.3. The van der Waals surface area contributed by atoms with Gasteiger partial charge < -0.3 is 20.7 Å². The number of benzene rings is 1. The molecule has 0 spiro atoms. The molecular formula is C24H29N7O3. The van der Waals surface area contributed by atoms with Gasteiger partial charge in [-0.1, -0.05) is 0 Å². The summed E-state index contributed by atoms with van der Waals surface area (Å²) in [4.78, 5) is 33.5. The van der Waals surface area contributed by atoms with Crippen molar-refractivity contribution in [1.82, 2.24) is 19.5 Å². The molecule has 5 rings (SSSR count). The Labute approximate surface area is 197 Å². The maximum absolute atomic E-state index is 13.3. The van der Waals surface area contributed by atoms with Gasteiger partial charge in [0.15, 0.2) is 5.65 Å². The van der Waals surface area contributed by atoms with Crippen LogP contribution in [-0.4, -0.2) is 69.1 Å². The molecule has 10 heteroatoms. The number of hydrogen-bond acceptors (Lipinski definition) is 7. The monoisotopic (exact) mass is 463 g/mol. The molecule has 3 N–H and O–H groups in total. The largest absolute Gasteiger partial charge is 0.487 e. The molecule has 0 saturated carbocycles. The summed E-state index contributed by atoms with van der Waals surface area (Å²) in [5, 5.41) is 7.32. The smallest absolute Gasteiger partial charge is 0.261 e. The molecule has 3 aromatic rings. The van der Waals surface area contributed by atoms with Gasteiger partial charge in [-0.25, -0.2) is 9.50 Å². The van der Waals surface area contributed by atoms with E-state index >= 15 is 0 Å². The van der Waals surface area contributed by atoms with Crippen LogP contribution in [0.2, 0.25) is 0 Å². The van der Waals surface area contributed by atoms with Gasteiger partial charge in [0.2, 0.25) is 5.91 Å². The summed E-state index contributed by atoms with van der Waals surface area (Å²) in [5.41, 5.74) is 8.77. The lowest BCUT2D eigenvalue weighted by atomic mass is 10.0. The lowest BCUT2D eigenvalue weighted by molar-refractivity contribution is -0.122. The molecule has 2 aliphatic heterocycles. The maximum Gasteiger partial charge on any atom is 0.261 e. The van der Waals surface area contributed by atoms with Gasteiger partial charge in [0.25, 0.3) is 5.91 Å². The quantitative estimate of drug-likeness (QED) is 0.591. The summed E-state index contributed by atoms with van der Waals surface area (Å²) in [7, 11) is 0. The van der Waals surface area contributed by atoms with E-state index in [1.807, 2.05) is 19.1 Å². The highest BCUT2D eigenvalue weighted by atomic mass is 16.5. The minimum Gasteiger partial charge on any atom is -0.487 e. The van der Waals surface area contributed by atoms with Crippen molar-refractivity contribution in [1.29, 1.82) is 0 Å². The summed E-state index contributed by atoms with van der Waals surface area (Å²) in [6.07, 6.45) is 5.68. The van der Waals surface area contributed by atoms with Gasteiger partial charge in [-0.3, -0.25) is 14.5 Å². The highest BCUT2D eigenvalue weighted by molar-refractivity contribution is 6.09. The molecule has 1 saturated heterocycles. The molecule has 1 fully saturated rings. The number of hydrogen-bond donors (Lipinski definition) is 2. The second kappa shape index (κ2) is 8.28. The minimum atomic E-state index is -0.323. The van der Waals surface area contributed by atoms with Crippen LogP contribution in [0.5, 0.6) is 5.75 Å². The van der Waals surface area contributed by atoms with Crippen LogP contribution in [0, 0.1) is 0 Å². The van der Waals surface area contributed by atoms with Crippen LogP contribution in [0.25, 0.3) is 5.65 Å². The van der Waals surface area contributed by atoms with Crippen molar-refractivity contribution in [2.24, 2.45) is 5.73 Å². The second-order valence-electron chi connectivity index (χ2n) is 9.52. The number of nitrogens with one attached hydrogen (secondary N) is 1. The van der Waals surface area contributed by atoms with Gasteiger partial charge in [0.1, 0.15) is 16.9 Å². The molecule has 1 aromatic carbocycles. The molecule has 0 unspecified atom stereocenters. The van der Waals surface area contributed by atoms with Crippen LogP contribution < -0.4 is 20.7 Å².